The van der Waals surface area contributed by atoms with Gasteiger partial charge in [0.2, 0.25) is 0 Å². The summed E-state index contributed by atoms with van der Waals surface area (Å²) in [7, 11) is 0. The number of nitrogens with zero attached hydrogens (tertiary/aromatic N) is 1. The van der Waals surface area contributed by atoms with Gasteiger partial charge in [0.1, 0.15) is 0 Å². The molecule has 0 fully saturated rings. The summed E-state index contributed by atoms with van der Waals surface area (Å²) in [5.74, 6) is 0.343. The van der Waals surface area contributed by atoms with Crippen molar-refractivity contribution in [3.05, 3.63) is 34.8 Å². The third kappa shape index (κ3) is 2.07. The van der Waals surface area contributed by atoms with Crippen molar-refractivity contribution in [2.45, 2.75) is 19.4 Å². The molecule has 0 bridgehead atoms. The van der Waals surface area contributed by atoms with Crippen LogP contribution in [0.25, 0.3) is 11.1 Å². The van der Waals surface area contributed by atoms with Gasteiger partial charge >= 0.3 is 5.76 Å². The van der Waals surface area contributed by atoms with Gasteiger partial charge in [-0.3, -0.25) is 4.57 Å². The molecular weight excluding hydrogens is 214 g/mol. The molecule has 0 saturated heterocycles. The van der Waals surface area contributed by atoms with Crippen molar-refractivity contribution >= 4 is 22.7 Å². The van der Waals surface area contributed by atoms with Crippen LogP contribution in [0.5, 0.6) is 0 Å². The second-order valence-electron chi connectivity index (χ2n) is 3.38. The summed E-state index contributed by atoms with van der Waals surface area (Å²) < 4.78 is 6.76. The summed E-state index contributed by atoms with van der Waals surface area (Å²) >= 11 is 5.59. The standard InChI is InChI=1S/C11H12ClNO2/c12-7-3-4-8-13-9-5-1-2-6-10(9)15-11(13)14/h1-2,5-6H,3-4,7-8H2. The molecule has 0 unspecified atom stereocenters. The second-order valence-corrected chi connectivity index (χ2v) is 3.76. The fraction of sp³-hybridized carbons (Fsp3) is 0.364. The van der Waals surface area contributed by atoms with Gasteiger partial charge in [0.05, 0.1) is 5.52 Å². The largest absolute Gasteiger partial charge is 0.419 e. The topological polar surface area (TPSA) is 35.1 Å². The number of para-hydroxylation sites is 2. The van der Waals surface area contributed by atoms with Gasteiger partial charge in [0, 0.05) is 12.4 Å². The maximum Gasteiger partial charge on any atom is 0.419 e. The van der Waals surface area contributed by atoms with Crippen molar-refractivity contribution < 1.29 is 4.42 Å². The Bertz CT molecular complexity index is 501. The van der Waals surface area contributed by atoms with E-state index in [1.807, 2.05) is 18.2 Å². The summed E-state index contributed by atoms with van der Waals surface area (Å²) in [6.07, 6.45) is 1.81. The maximum absolute atomic E-state index is 11.5. The number of halogens is 1. The van der Waals surface area contributed by atoms with E-state index in [2.05, 4.69) is 0 Å². The molecule has 3 nitrogen and oxygen atoms in total. The predicted octanol–water partition coefficient (Wildman–Crippen LogP) is 2.61. The molecule has 1 aromatic carbocycles. The van der Waals surface area contributed by atoms with Crippen molar-refractivity contribution in [1.82, 2.24) is 4.57 Å². The number of unbranched alkanes of at least 4 members (excludes halogenated alkanes) is 1. The van der Waals surface area contributed by atoms with E-state index in [1.165, 1.54) is 0 Å². The van der Waals surface area contributed by atoms with Gasteiger partial charge in [0.25, 0.3) is 0 Å². The Labute approximate surface area is 92.3 Å². The van der Waals surface area contributed by atoms with Crippen molar-refractivity contribution in [1.29, 1.82) is 0 Å². The molecule has 1 aromatic heterocycles. The lowest BCUT2D eigenvalue weighted by molar-refractivity contribution is 0.496. The minimum atomic E-state index is -0.286. The van der Waals surface area contributed by atoms with Crippen molar-refractivity contribution in [2.24, 2.45) is 0 Å². The average molecular weight is 226 g/mol. The first kappa shape index (κ1) is 10.3. The van der Waals surface area contributed by atoms with Crippen LogP contribution in [-0.2, 0) is 6.54 Å². The van der Waals surface area contributed by atoms with E-state index in [4.69, 9.17) is 16.0 Å². The molecule has 0 amide bonds. The Morgan fingerprint density at radius 1 is 1.27 bits per heavy atom. The predicted molar refractivity (Wildman–Crippen MR) is 60.4 cm³/mol. The highest BCUT2D eigenvalue weighted by Gasteiger charge is 2.06. The third-order valence-corrected chi connectivity index (χ3v) is 2.61. The van der Waals surface area contributed by atoms with Crippen molar-refractivity contribution in [3.63, 3.8) is 0 Å². The molecule has 2 aromatic rings. The van der Waals surface area contributed by atoms with E-state index >= 15 is 0 Å². The fourth-order valence-electron chi connectivity index (χ4n) is 1.59. The van der Waals surface area contributed by atoms with E-state index in [0.29, 0.717) is 18.0 Å². The summed E-state index contributed by atoms with van der Waals surface area (Å²) in [4.78, 5) is 11.5. The fourth-order valence-corrected chi connectivity index (χ4v) is 1.78. The lowest BCUT2D eigenvalue weighted by Gasteiger charge is -1.99. The van der Waals surface area contributed by atoms with Crippen LogP contribution in [0.4, 0.5) is 0 Å². The zero-order chi connectivity index (χ0) is 10.7. The lowest BCUT2D eigenvalue weighted by Crippen LogP contribution is -2.14. The van der Waals surface area contributed by atoms with Gasteiger partial charge in [0.15, 0.2) is 5.58 Å². The monoisotopic (exact) mass is 225 g/mol. The molecule has 0 radical (unpaired) electrons. The molecule has 1 heterocycles. The minimum absolute atomic E-state index is 0.286. The van der Waals surface area contributed by atoms with Crippen LogP contribution < -0.4 is 5.76 Å². The number of aromatic nitrogens is 1. The van der Waals surface area contributed by atoms with E-state index < -0.39 is 0 Å². The van der Waals surface area contributed by atoms with Crippen LogP contribution in [0.1, 0.15) is 12.8 Å². The van der Waals surface area contributed by atoms with E-state index in [-0.39, 0.29) is 5.76 Å². The normalized spacial score (nSPS) is 11.0. The molecule has 4 heteroatoms. The number of hydrogen-bond donors (Lipinski definition) is 0. The molecule has 0 atom stereocenters. The Kier molecular flexibility index (Phi) is 3.11. The Morgan fingerprint density at radius 2 is 2.07 bits per heavy atom. The summed E-state index contributed by atoms with van der Waals surface area (Å²) in [5, 5.41) is 0. The van der Waals surface area contributed by atoms with Crippen LogP contribution in [0.3, 0.4) is 0 Å². The van der Waals surface area contributed by atoms with Crippen LogP contribution in [0.15, 0.2) is 33.5 Å². The average Bonchev–Trinajstić information content (AvgIpc) is 2.56. The number of oxazole rings is 1. The Balaban J connectivity index is 2.33. The molecule has 0 N–H and O–H groups in total. The third-order valence-electron chi connectivity index (χ3n) is 2.34. The molecule has 80 valence electrons. The number of benzene rings is 1. The smallest absolute Gasteiger partial charge is 0.408 e. The maximum atomic E-state index is 11.5. The molecule has 0 aliphatic heterocycles. The first-order valence-corrected chi connectivity index (χ1v) is 5.50. The summed E-state index contributed by atoms with van der Waals surface area (Å²) in [6.45, 7) is 0.669. The van der Waals surface area contributed by atoms with Gasteiger partial charge in [-0.15, -0.1) is 11.6 Å². The molecule has 0 aliphatic carbocycles. The van der Waals surface area contributed by atoms with Gasteiger partial charge < -0.3 is 4.42 Å². The zero-order valence-electron chi connectivity index (χ0n) is 8.28. The van der Waals surface area contributed by atoms with Crippen LogP contribution >= 0.6 is 11.6 Å². The quantitative estimate of drug-likeness (QED) is 0.592. The van der Waals surface area contributed by atoms with E-state index in [1.54, 1.807) is 10.6 Å². The van der Waals surface area contributed by atoms with Gasteiger partial charge in [-0.1, -0.05) is 12.1 Å². The summed E-state index contributed by atoms with van der Waals surface area (Å²) in [6, 6.07) is 7.44. The number of aryl methyl sites for hydroxylation is 1. The SMILES string of the molecule is O=c1oc2ccccc2n1CCCCCl. The molecule has 0 aliphatic rings. The number of fused-ring (bicyclic) bond motifs is 1. The molecular formula is C11H12ClNO2. The van der Waals surface area contributed by atoms with E-state index in [0.717, 1.165) is 18.4 Å². The Morgan fingerprint density at radius 3 is 2.87 bits per heavy atom. The molecule has 2 rings (SSSR count). The first-order chi connectivity index (χ1) is 7.33. The first-order valence-electron chi connectivity index (χ1n) is 4.97. The molecule has 15 heavy (non-hydrogen) atoms. The summed E-state index contributed by atoms with van der Waals surface area (Å²) in [5.41, 5.74) is 1.51. The number of hydrogen-bond acceptors (Lipinski definition) is 2. The highest BCUT2D eigenvalue weighted by molar-refractivity contribution is 6.17. The highest BCUT2D eigenvalue weighted by atomic mass is 35.5. The number of alkyl halides is 1. The van der Waals surface area contributed by atoms with Gasteiger partial charge in [-0.05, 0) is 25.0 Å². The van der Waals surface area contributed by atoms with Gasteiger partial charge in [-0.25, -0.2) is 4.79 Å². The van der Waals surface area contributed by atoms with Crippen molar-refractivity contribution in [3.8, 4) is 0 Å². The van der Waals surface area contributed by atoms with E-state index in [9.17, 15) is 4.79 Å². The minimum Gasteiger partial charge on any atom is -0.408 e. The Hall–Kier alpha value is -1.22. The zero-order valence-corrected chi connectivity index (χ0v) is 9.04. The number of rotatable bonds is 4. The van der Waals surface area contributed by atoms with Crippen molar-refractivity contribution in [2.75, 3.05) is 5.88 Å². The van der Waals surface area contributed by atoms with Crippen LogP contribution in [0, 0.1) is 0 Å². The second kappa shape index (κ2) is 4.53. The van der Waals surface area contributed by atoms with Crippen LogP contribution in [0.2, 0.25) is 0 Å². The highest BCUT2D eigenvalue weighted by Crippen LogP contribution is 2.12. The van der Waals surface area contributed by atoms with Gasteiger partial charge in [-0.2, -0.15) is 0 Å². The van der Waals surface area contributed by atoms with Crippen LogP contribution in [-0.4, -0.2) is 10.4 Å². The molecule has 0 spiro atoms. The molecule has 0 saturated carbocycles. The lowest BCUT2D eigenvalue weighted by atomic mass is 10.3.